The lowest BCUT2D eigenvalue weighted by Crippen LogP contribution is -2.50. The Hall–Kier alpha value is -1.86. The number of likely N-dealkylation sites (tertiary alicyclic amines) is 2. The standard InChI is InChI=1S/C26H35FN4OS/c1-28(2)24(32)31-18-25(23-4-3-20(27)15-19-16-26(19,23)31)8-12-30(13-9-25)21-5-10-29(11-6-21)22-7-14-33-17-22/h4,7,14-15,17,19,21H,3,5-6,8-13,16,18H2,1-2H3. The number of halogens is 1. The van der Waals surface area contributed by atoms with Gasteiger partial charge >= 0.3 is 6.03 Å². The SMILES string of the molecule is CN(C)C(=O)N1CC2(CCN(C3CCN(c4ccsc4)CC3)CC2)C2=CCC(F)=CC3CC231. The zero-order valence-corrected chi connectivity index (χ0v) is 20.6. The molecule has 2 atom stereocenters. The van der Waals surface area contributed by atoms with Gasteiger partial charge in [0.15, 0.2) is 0 Å². The molecule has 5 aliphatic rings. The van der Waals surface area contributed by atoms with Crippen molar-refractivity contribution < 1.29 is 9.18 Å². The quantitative estimate of drug-likeness (QED) is 0.585. The second-order valence-electron chi connectivity index (χ2n) is 10.9. The van der Waals surface area contributed by atoms with Gasteiger partial charge in [0.2, 0.25) is 0 Å². The van der Waals surface area contributed by atoms with Gasteiger partial charge in [-0.1, -0.05) is 6.08 Å². The minimum Gasteiger partial charge on any atom is -0.371 e. The van der Waals surface area contributed by atoms with E-state index in [2.05, 4.69) is 37.6 Å². The van der Waals surface area contributed by atoms with Gasteiger partial charge in [-0.15, -0.1) is 0 Å². The number of rotatable bonds is 2. The minimum absolute atomic E-state index is 0.0206. The number of nitrogens with zero attached hydrogens (tertiary/aromatic N) is 4. The maximum absolute atomic E-state index is 14.4. The van der Waals surface area contributed by atoms with Crippen LogP contribution in [0.5, 0.6) is 0 Å². The van der Waals surface area contributed by atoms with E-state index < -0.39 is 0 Å². The lowest BCUT2D eigenvalue weighted by molar-refractivity contribution is 0.0806. The van der Waals surface area contributed by atoms with E-state index >= 15 is 0 Å². The van der Waals surface area contributed by atoms with Gasteiger partial charge in [-0.05, 0) is 68.3 Å². The van der Waals surface area contributed by atoms with Crippen LogP contribution in [0.1, 0.15) is 38.5 Å². The van der Waals surface area contributed by atoms with Crippen LogP contribution in [0.25, 0.3) is 0 Å². The van der Waals surface area contributed by atoms with E-state index in [1.54, 1.807) is 22.3 Å². The second kappa shape index (κ2) is 7.84. The van der Waals surface area contributed by atoms with E-state index in [0.717, 1.165) is 52.0 Å². The van der Waals surface area contributed by atoms with Crippen molar-refractivity contribution in [3.63, 3.8) is 0 Å². The number of piperidine rings is 2. The highest BCUT2D eigenvalue weighted by Gasteiger charge is 2.70. The van der Waals surface area contributed by atoms with E-state index in [1.165, 1.54) is 24.1 Å². The number of hydrogen-bond donors (Lipinski definition) is 0. The fourth-order valence-electron chi connectivity index (χ4n) is 7.26. The molecule has 3 saturated heterocycles. The highest BCUT2D eigenvalue weighted by atomic mass is 32.1. The van der Waals surface area contributed by atoms with Crippen LogP contribution >= 0.6 is 11.3 Å². The van der Waals surface area contributed by atoms with Gasteiger partial charge in [0.05, 0.1) is 5.54 Å². The molecule has 2 amide bonds. The molecule has 4 fully saturated rings. The maximum Gasteiger partial charge on any atom is 0.320 e. The molecule has 33 heavy (non-hydrogen) atoms. The van der Waals surface area contributed by atoms with Crippen molar-refractivity contribution in [3.8, 4) is 0 Å². The number of fused-ring (bicyclic) bond motifs is 1. The first-order valence-corrected chi connectivity index (χ1v) is 13.4. The van der Waals surface area contributed by atoms with Crippen LogP contribution < -0.4 is 4.90 Å². The predicted octanol–water partition coefficient (Wildman–Crippen LogP) is 4.74. The Morgan fingerprint density at radius 2 is 1.94 bits per heavy atom. The summed E-state index contributed by atoms with van der Waals surface area (Å²) in [6, 6.07) is 2.97. The minimum atomic E-state index is -0.261. The third-order valence-corrected chi connectivity index (χ3v) is 9.74. The van der Waals surface area contributed by atoms with E-state index in [9.17, 15) is 9.18 Å². The normalized spacial score (nSPS) is 31.5. The average molecular weight is 471 g/mol. The molecule has 6 rings (SSSR count). The summed E-state index contributed by atoms with van der Waals surface area (Å²) in [5, 5.41) is 4.42. The Morgan fingerprint density at radius 1 is 1.18 bits per heavy atom. The van der Waals surface area contributed by atoms with Gasteiger partial charge in [-0.2, -0.15) is 11.3 Å². The monoisotopic (exact) mass is 470 g/mol. The summed E-state index contributed by atoms with van der Waals surface area (Å²) in [4.78, 5) is 22.2. The van der Waals surface area contributed by atoms with Crippen LogP contribution in [0.3, 0.4) is 0 Å². The van der Waals surface area contributed by atoms with Crippen molar-refractivity contribution in [2.45, 2.75) is 50.1 Å². The second-order valence-corrected chi connectivity index (χ2v) is 11.7. The third kappa shape index (κ3) is 3.37. The molecular formula is C26H35FN4OS. The summed E-state index contributed by atoms with van der Waals surface area (Å²) < 4.78 is 14.4. The molecule has 4 heterocycles. The highest BCUT2D eigenvalue weighted by Crippen LogP contribution is 2.67. The molecule has 7 heteroatoms. The van der Waals surface area contributed by atoms with Crippen molar-refractivity contribution in [3.05, 3.63) is 40.4 Å². The Kier molecular flexibility index (Phi) is 5.14. The van der Waals surface area contributed by atoms with Gasteiger partial charge in [-0.3, -0.25) is 0 Å². The molecule has 1 saturated carbocycles. The van der Waals surface area contributed by atoms with Gasteiger partial charge in [0.25, 0.3) is 0 Å². The number of allylic oxidation sites excluding steroid dienone is 2. The lowest BCUT2D eigenvalue weighted by Gasteiger charge is -2.46. The van der Waals surface area contributed by atoms with Gasteiger partial charge in [-0.25, -0.2) is 9.18 Å². The molecule has 178 valence electrons. The molecule has 2 spiro atoms. The first-order valence-electron chi connectivity index (χ1n) is 12.5. The van der Waals surface area contributed by atoms with Crippen LogP contribution in [0.2, 0.25) is 0 Å². The van der Waals surface area contributed by atoms with E-state index in [0.29, 0.717) is 12.5 Å². The number of urea groups is 1. The van der Waals surface area contributed by atoms with E-state index in [-0.39, 0.29) is 28.7 Å². The number of carbonyl (C=O) groups excluding carboxylic acids is 1. The van der Waals surface area contributed by atoms with Crippen molar-refractivity contribution >= 4 is 23.1 Å². The number of hydrogen-bond acceptors (Lipinski definition) is 4. The molecule has 2 unspecified atom stereocenters. The maximum atomic E-state index is 14.4. The lowest BCUT2D eigenvalue weighted by atomic mass is 9.71. The predicted molar refractivity (Wildman–Crippen MR) is 131 cm³/mol. The summed E-state index contributed by atoms with van der Waals surface area (Å²) in [5.41, 5.74) is 2.51. The number of anilines is 1. The van der Waals surface area contributed by atoms with Crippen LogP contribution in [0.15, 0.2) is 40.4 Å². The van der Waals surface area contributed by atoms with Gasteiger partial charge in [0.1, 0.15) is 5.83 Å². The molecule has 0 N–H and O–H groups in total. The number of carbonyl (C=O) groups is 1. The summed E-state index contributed by atoms with van der Waals surface area (Å²) >= 11 is 1.77. The van der Waals surface area contributed by atoms with Crippen LogP contribution in [0, 0.1) is 11.3 Å². The average Bonchev–Trinajstić information content (AvgIpc) is 3.17. The van der Waals surface area contributed by atoms with Crippen molar-refractivity contribution in [2.24, 2.45) is 11.3 Å². The van der Waals surface area contributed by atoms with E-state index in [1.807, 2.05) is 14.1 Å². The van der Waals surface area contributed by atoms with E-state index in [4.69, 9.17) is 0 Å². The summed E-state index contributed by atoms with van der Waals surface area (Å²) in [6.07, 6.45) is 9.84. The zero-order chi connectivity index (χ0) is 22.8. The third-order valence-electron chi connectivity index (χ3n) is 9.07. The number of amides is 2. The first kappa shape index (κ1) is 21.7. The summed E-state index contributed by atoms with van der Waals surface area (Å²) in [7, 11) is 3.67. The molecule has 1 aromatic rings. The Bertz CT molecular complexity index is 972. The Balaban J connectivity index is 1.17. The fourth-order valence-corrected chi connectivity index (χ4v) is 7.92. The molecule has 0 aromatic carbocycles. The Labute approximate surface area is 200 Å². The molecule has 5 nitrogen and oxygen atoms in total. The van der Waals surface area contributed by atoms with Crippen molar-refractivity contribution in [2.75, 3.05) is 51.7 Å². The fraction of sp³-hybridized carbons (Fsp3) is 0.654. The molecule has 1 aromatic heterocycles. The van der Waals surface area contributed by atoms with Gasteiger partial charge in [0, 0.05) is 68.6 Å². The zero-order valence-electron chi connectivity index (χ0n) is 19.8. The molecule has 0 bridgehead atoms. The molecule has 2 aliphatic carbocycles. The number of thiophene rings is 1. The first-order chi connectivity index (χ1) is 15.9. The summed E-state index contributed by atoms with van der Waals surface area (Å²) in [6.45, 7) is 5.23. The molecular weight excluding hydrogens is 435 g/mol. The Morgan fingerprint density at radius 3 is 2.61 bits per heavy atom. The van der Waals surface area contributed by atoms with Crippen molar-refractivity contribution in [1.82, 2.24) is 14.7 Å². The molecule has 0 radical (unpaired) electrons. The molecule has 3 aliphatic heterocycles. The van der Waals surface area contributed by atoms with Crippen LogP contribution in [0.4, 0.5) is 14.9 Å². The van der Waals surface area contributed by atoms with Crippen LogP contribution in [-0.2, 0) is 0 Å². The summed E-state index contributed by atoms with van der Waals surface area (Å²) in [5.74, 6) is 0.120. The highest BCUT2D eigenvalue weighted by molar-refractivity contribution is 7.08. The largest absolute Gasteiger partial charge is 0.371 e. The topological polar surface area (TPSA) is 30.0 Å². The smallest absolute Gasteiger partial charge is 0.320 e. The van der Waals surface area contributed by atoms with Gasteiger partial charge < -0.3 is 19.6 Å². The van der Waals surface area contributed by atoms with Crippen molar-refractivity contribution in [1.29, 1.82) is 0 Å². The van der Waals surface area contributed by atoms with Crippen LogP contribution in [-0.4, -0.2) is 79.1 Å².